The van der Waals surface area contributed by atoms with E-state index >= 15 is 0 Å². The largest absolute Gasteiger partial charge is 0.496 e. The second-order valence-corrected chi connectivity index (χ2v) is 6.32. The Kier molecular flexibility index (Phi) is 5.94. The number of para-hydroxylation sites is 1. The van der Waals surface area contributed by atoms with E-state index in [0.717, 1.165) is 11.3 Å². The van der Waals surface area contributed by atoms with Gasteiger partial charge in [-0.15, -0.1) is 11.3 Å². The van der Waals surface area contributed by atoms with Gasteiger partial charge in [-0.05, 0) is 31.5 Å². The summed E-state index contributed by atoms with van der Waals surface area (Å²) in [4.78, 5) is 25.5. The number of benzene rings is 1. The Morgan fingerprint density at radius 2 is 2.04 bits per heavy atom. The van der Waals surface area contributed by atoms with Crippen molar-refractivity contribution in [3.8, 4) is 5.75 Å². The molecule has 1 aromatic heterocycles. The van der Waals surface area contributed by atoms with E-state index in [-0.39, 0.29) is 18.5 Å². The molecule has 0 aliphatic carbocycles. The number of nitrogens with zero attached hydrogens (tertiary/aromatic N) is 1. The number of carbonyl (C=O) groups is 2. The molecule has 0 bridgehead atoms. The first-order valence-electron chi connectivity index (χ1n) is 7.44. The van der Waals surface area contributed by atoms with Crippen LogP contribution in [0.1, 0.15) is 28.9 Å². The predicted octanol–water partition coefficient (Wildman–Crippen LogP) is 2.49. The van der Waals surface area contributed by atoms with Crippen LogP contribution in [0, 0.1) is 0 Å². The molecule has 128 valence electrons. The smallest absolute Gasteiger partial charge is 0.251 e. The second kappa shape index (κ2) is 7.94. The third kappa shape index (κ3) is 4.12. The van der Waals surface area contributed by atoms with Crippen LogP contribution in [0.2, 0.25) is 0 Å². The molecule has 24 heavy (non-hydrogen) atoms. The number of nitrogens with one attached hydrogen (secondary N) is 1. The zero-order valence-corrected chi connectivity index (χ0v) is 14.7. The lowest BCUT2D eigenvalue weighted by Gasteiger charge is -2.25. The van der Waals surface area contributed by atoms with Crippen LogP contribution >= 0.6 is 11.3 Å². The first-order valence-corrected chi connectivity index (χ1v) is 8.32. The average molecular weight is 347 g/mol. The molecule has 1 atom stereocenters. The number of carbonyl (C=O) groups excluding carboxylic acids is 2. The molecule has 1 heterocycles. The highest BCUT2D eigenvalue weighted by Gasteiger charge is 2.19. The van der Waals surface area contributed by atoms with Crippen molar-refractivity contribution in [2.75, 3.05) is 26.0 Å². The average Bonchev–Trinajstić information content (AvgIpc) is 3.02. The molecule has 3 N–H and O–H groups in total. The normalized spacial score (nSPS) is 12.0. The summed E-state index contributed by atoms with van der Waals surface area (Å²) < 4.78 is 5.37. The van der Waals surface area contributed by atoms with Gasteiger partial charge in [-0.1, -0.05) is 18.2 Å². The quantitative estimate of drug-likeness (QED) is 0.806. The van der Waals surface area contributed by atoms with Gasteiger partial charge in [0.25, 0.3) is 5.91 Å². The summed E-state index contributed by atoms with van der Waals surface area (Å²) in [6, 6.07) is 9.30. The van der Waals surface area contributed by atoms with Crippen LogP contribution in [0.15, 0.2) is 35.7 Å². The Labute approximate surface area is 145 Å². The van der Waals surface area contributed by atoms with Crippen molar-refractivity contribution in [3.63, 3.8) is 0 Å². The lowest BCUT2D eigenvalue weighted by molar-refractivity contribution is -0.117. The molecule has 2 amide bonds. The molecule has 1 unspecified atom stereocenters. The molecular weight excluding hydrogens is 326 g/mol. The van der Waals surface area contributed by atoms with Crippen molar-refractivity contribution >= 4 is 28.2 Å². The van der Waals surface area contributed by atoms with Crippen LogP contribution in [-0.4, -0.2) is 37.4 Å². The van der Waals surface area contributed by atoms with Gasteiger partial charge in [0.05, 0.1) is 19.2 Å². The Morgan fingerprint density at radius 1 is 1.33 bits per heavy atom. The topological polar surface area (TPSA) is 84.7 Å². The SMILES string of the molecule is COc1ccccc1C(C)N(C)CC(=O)Nc1sccc1C(N)=O. The zero-order chi connectivity index (χ0) is 17.7. The highest BCUT2D eigenvalue weighted by atomic mass is 32.1. The van der Waals surface area contributed by atoms with Crippen LogP contribution in [0.3, 0.4) is 0 Å². The number of methoxy groups -OCH3 is 1. The molecular formula is C17H21N3O3S. The summed E-state index contributed by atoms with van der Waals surface area (Å²) in [6.07, 6.45) is 0. The molecule has 2 aromatic rings. The molecule has 0 saturated carbocycles. The first kappa shape index (κ1) is 18.0. The number of anilines is 1. The maximum absolute atomic E-state index is 12.3. The molecule has 0 saturated heterocycles. The molecule has 1 aromatic carbocycles. The van der Waals surface area contributed by atoms with E-state index in [9.17, 15) is 9.59 Å². The third-order valence-corrected chi connectivity index (χ3v) is 4.66. The highest BCUT2D eigenvalue weighted by Crippen LogP contribution is 2.28. The van der Waals surface area contributed by atoms with Gasteiger partial charge >= 0.3 is 0 Å². The Balaban J connectivity index is 2.03. The molecule has 7 heteroatoms. The minimum Gasteiger partial charge on any atom is -0.496 e. The van der Waals surface area contributed by atoms with Crippen molar-refractivity contribution in [3.05, 3.63) is 46.8 Å². The number of amides is 2. The van der Waals surface area contributed by atoms with Crippen LogP contribution in [0.5, 0.6) is 5.75 Å². The van der Waals surface area contributed by atoms with Gasteiger partial charge in [-0.25, -0.2) is 0 Å². The van der Waals surface area contributed by atoms with Crippen molar-refractivity contribution in [1.29, 1.82) is 0 Å². The molecule has 0 spiro atoms. The number of hydrogen-bond donors (Lipinski definition) is 2. The van der Waals surface area contributed by atoms with Crippen molar-refractivity contribution in [1.82, 2.24) is 4.90 Å². The van der Waals surface area contributed by atoms with Gasteiger partial charge in [0.2, 0.25) is 5.91 Å². The number of rotatable bonds is 7. The van der Waals surface area contributed by atoms with Crippen LogP contribution in [-0.2, 0) is 4.79 Å². The van der Waals surface area contributed by atoms with Crippen molar-refractivity contribution in [2.45, 2.75) is 13.0 Å². The number of ether oxygens (including phenoxy) is 1. The first-order chi connectivity index (χ1) is 11.4. The van der Waals surface area contributed by atoms with Gasteiger partial charge in [0, 0.05) is 11.6 Å². The van der Waals surface area contributed by atoms with Crippen LogP contribution < -0.4 is 15.8 Å². The van der Waals surface area contributed by atoms with Gasteiger partial charge in [0.1, 0.15) is 10.8 Å². The second-order valence-electron chi connectivity index (χ2n) is 5.41. The summed E-state index contributed by atoms with van der Waals surface area (Å²) in [5, 5.41) is 4.94. The molecule has 2 rings (SSSR count). The summed E-state index contributed by atoms with van der Waals surface area (Å²) >= 11 is 1.27. The molecule has 0 aliphatic heterocycles. The van der Waals surface area contributed by atoms with E-state index < -0.39 is 5.91 Å². The van der Waals surface area contributed by atoms with Gasteiger partial charge < -0.3 is 15.8 Å². The number of nitrogens with two attached hydrogens (primary N) is 1. The maximum atomic E-state index is 12.3. The van der Waals surface area contributed by atoms with Gasteiger partial charge in [0.15, 0.2) is 0 Å². The fourth-order valence-electron chi connectivity index (χ4n) is 2.38. The lowest BCUT2D eigenvalue weighted by atomic mass is 10.1. The van der Waals surface area contributed by atoms with E-state index in [0.29, 0.717) is 10.6 Å². The monoisotopic (exact) mass is 347 g/mol. The summed E-state index contributed by atoms with van der Waals surface area (Å²) in [5.41, 5.74) is 6.62. The van der Waals surface area contributed by atoms with Gasteiger partial charge in [-0.3, -0.25) is 14.5 Å². The van der Waals surface area contributed by atoms with E-state index in [4.69, 9.17) is 10.5 Å². The summed E-state index contributed by atoms with van der Waals surface area (Å²) in [5.74, 6) is 0.0259. The maximum Gasteiger partial charge on any atom is 0.251 e. The van der Waals surface area contributed by atoms with E-state index in [1.54, 1.807) is 18.6 Å². The van der Waals surface area contributed by atoms with Gasteiger partial charge in [-0.2, -0.15) is 0 Å². The highest BCUT2D eigenvalue weighted by molar-refractivity contribution is 7.14. The predicted molar refractivity (Wildman–Crippen MR) is 95.5 cm³/mol. The zero-order valence-electron chi connectivity index (χ0n) is 13.9. The Morgan fingerprint density at radius 3 is 2.71 bits per heavy atom. The summed E-state index contributed by atoms with van der Waals surface area (Å²) in [7, 11) is 3.49. The fourth-order valence-corrected chi connectivity index (χ4v) is 3.19. The van der Waals surface area contributed by atoms with Crippen LogP contribution in [0.4, 0.5) is 5.00 Å². The number of thiophene rings is 1. The van der Waals surface area contributed by atoms with Crippen molar-refractivity contribution < 1.29 is 14.3 Å². The fraction of sp³-hybridized carbons (Fsp3) is 0.294. The lowest BCUT2D eigenvalue weighted by Crippen LogP contribution is -2.32. The van der Waals surface area contributed by atoms with E-state index in [1.165, 1.54) is 11.3 Å². The van der Waals surface area contributed by atoms with Crippen LogP contribution in [0.25, 0.3) is 0 Å². The standard InChI is InChI=1S/C17H21N3O3S/c1-11(12-6-4-5-7-14(12)23-3)20(2)10-15(21)19-17-13(16(18)22)8-9-24-17/h4-9,11H,10H2,1-3H3,(H2,18,22)(H,19,21). The molecule has 0 fully saturated rings. The number of likely N-dealkylation sites (N-methyl/N-ethyl adjacent to an activating group) is 1. The molecule has 6 nitrogen and oxygen atoms in total. The minimum absolute atomic E-state index is 0.00848. The van der Waals surface area contributed by atoms with E-state index in [2.05, 4.69) is 5.32 Å². The number of hydrogen-bond acceptors (Lipinski definition) is 5. The third-order valence-electron chi connectivity index (χ3n) is 3.83. The summed E-state index contributed by atoms with van der Waals surface area (Å²) in [6.45, 7) is 2.18. The molecule has 0 radical (unpaired) electrons. The van der Waals surface area contributed by atoms with E-state index in [1.807, 2.05) is 43.1 Å². The Bertz CT molecular complexity index is 729. The minimum atomic E-state index is -0.553. The number of primary amides is 1. The van der Waals surface area contributed by atoms with Crippen molar-refractivity contribution in [2.24, 2.45) is 5.73 Å². The molecule has 0 aliphatic rings. The Hall–Kier alpha value is -2.38.